The lowest BCUT2D eigenvalue weighted by Crippen LogP contribution is -2.55. The third-order valence-corrected chi connectivity index (χ3v) is 4.84. The summed E-state index contributed by atoms with van der Waals surface area (Å²) in [5, 5.41) is 3.52. The highest BCUT2D eigenvalue weighted by Crippen LogP contribution is 2.38. The smallest absolute Gasteiger partial charge is 0.128 e. The molecule has 1 aromatic rings. The molecule has 0 aliphatic carbocycles. The molecule has 0 saturated heterocycles. The second-order valence-electron chi connectivity index (χ2n) is 5.69. The number of hydrogen-bond donors (Lipinski definition) is 2. The summed E-state index contributed by atoms with van der Waals surface area (Å²) in [6, 6.07) is 2.35. The summed E-state index contributed by atoms with van der Waals surface area (Å²) in [6.07, 6.45) is 3.98. The van der Waals surface area contributed by atoms with Crippen LogP contribution in [0.3, 0.4) is 0 Å². The molecule has 0 spiro atoms. The van der Waals surface area contributed by atoms with Crippen LogP contribution in [0.15, 0.2) is 12.3 Å². The first-order valence-corrected chi connectivity index (χ1v) is 8.14. The summed E-state index contributed by atoms with van der Waals surface area (Å²) in [5.74, 6) is 0.637. The van der Waals surface area contributed by atoms with Crippen molar-refractivity contribution in [3.8, 4) is 0 Å². The van der Waals surface area contributed by atoms with Crippen molar-refractivity contribution in [3.05, 3.63) is 23.4 Å². The van der Waals surface area contributed by atoms with Crippen LogP contribution in [0.25, 0.3) is 0 Å². The number of pyridine rings is 1. The summed E-state index contributed by atoms with van der Waals surface area (Å²) in [6.45, 7) is 13.1. The first kappa shape index (κ1) is 17.9. The van der Waals surface area contributed by atoms with Crippen molar-refractivity contribution in [2.24, 2.45) is 0 Å². The quantitative estimate of drug-likeness (QED) is 0.773. The molecule has 0 aromatic carbocycles. The number of likely N-dealkylation sites (N-methyl/N-ethyl adjacent to an activating group) is 2. The summed E-state index contributed by atoms with van der Waals surface area (Å²) in [5.41, 5.74) is 8.51. The minimum absolute atomic E-state index is 0.0574. The van der Waals surface area contributed by atoms with E-state index in [1.54, 1.807) is 0 Å². The first-order valence-electron chi connectivity index (χ1n) is 8.14. The number of nitrogen functional groups attached to an aromatic ring is 1. The Bertz CT molecular complexity index is 436. The number of hydrogen-bond acceptors (Lipinski definition) is 4. The zero-order valence-corrected chi connectivity index (χ0v) is 14.5. The summed E-state index contributed by atoms with van der Waals surface area (Å²) in [7, 11) is 2.02. The Kier molecular flexibility index (Phi) is 6.62. The Balaban J connectivity index is 3.40. The zero-order chi connectivity index (χ0) is 16.0. The second-order valence-corrected chi connectivity index (χ2v) is 5.69. The van der Waals surface area contributed by atoms with Gasteiger partial charge in [-0.25, -0.2) is 4.98 Å². The van der Waals surface area contributed by atoms with Crippen molar-refractivity contribution < 1.29 is 0 Å². The number of aryl methyl sites for hydroxylation is 1. The van der Waals surface area contributed by atoms with E-state index in [9.17, 15) is 0 Å². The Morgan fingerprint density at radius 3 is 2.24 bits per heavy atom. The van der Waals surface area contributed by atoms with E-state index in [2.05, 4.69) is 55.9 Å². The van der Waals surface area contributed by atoms with Crippen LogP contribution >= 0.6 is 0 Å². The van der Waals surface area contributed by atoms with Crippen LogP contribution in [0.1, 0.15) is 57.7 Å². The van der Waals surface area contributed by atoms with Crippen LogP contribution in [0.2, 0.25) is 0 Å². The van der Waals surface area contributed by atoms with E-state index in [0.29, 0.717) is 5.82 Å². The van der Waals surface area contributed by atoms with Gasteiger partial charge in [0.1, 0.15) is 5.82 Å². The fraction of sp³-hybridized carbons (Fsp3) is 0.706. The van der Waals surface area contributed by atoms with Gasteiger partial charge >= 0.3 is 0 Å². The molecule has 4 heteroatoms. The first-order chi connectivity index (χ1) is 10.00. The van der Waals surface area contributed by atoms with Crippen LogP contribution in [0.5, 0.6) is 0 Å². The third-order valence-electron chi connectivity index (χ3n) is 4.84. The Morgan fingerprint density at radius 2 is 1.81 bits per heavy atom. The average Bonchev–Trinajstić information content (AvgIpc) is 2.50. The third kappa shape index (κ3) is 3.38. The molecule has 0 bridgehead atoms. The van der Waals surface area contributed by atoms with Crippen LogP contribution in [0, 0.1) is 6.92 Å². The molecule has 120 valence electrons. The molecule has 1 unspecified atom stereocenters. The van der Waals surface area contributed by atoms with Gasteiger partial charge in [0, 0.05) is 17.3 Å². The fourth-order valence-electron chi connectivity index (χ4n) is 3.69. The molecule has 1 rings (SSSR count). The molecule has 4 nitrogen and oxygen atoms in total. The van der Waals surface area contributed by atoms with Gasteiger partial charge in [-0.3, -0.25) is 4.90 Å². The molecule has 1 heterocycles. The zero-order valence-electron chi connectivity index (χ0n) is 14.5. The number of nitrogens with two attached hydrogens (primary N) is 1. The van der Waals surface area contributed by atoms with E-state index < -0.39 is 0 Å². The highest BCUT2D eigenvalue weighted by molar-refractivity contribution is 5.44. The molecule has 0 aliphatic rings. The molecule has 0 fully saturated rings. The minimum atomic E-state index is 0.0574. The molecular weight excluding hydrogens is 260 g/mol. The van der Waals surface area contributed by atoms with E-state index >= 15 is 0 Å². The molecular formula is C17H32N4. The van der Waals surface area contributed by atoms with Crippen molar-refractivity contribution in [2.75, 3.05) is 25.9 Å². The largest absolute Gasteiger partial charge is 0.383 e. The Labute approximate surface area is 130 Å². The van der Waals surface area contributed by atoms with Gasteiger partial charge in [0.2, 0.25) is 0 Å². The van der Waals surface area contributed by atoms with Gasteiger partial charge in [-0.05, 0) is 51.5 Å². The Morgan fingerprint density at radius 1 is 1.24 bits per heavy atom. The van der Waals surface area contributed by atoms with Crippen LogP contribution in [-0.2, 0) is 0 Å². The molecule has 1 atom stereocenters. The van der Waals surface area contributed by atoms with Crippen molar-refractivity contribution in [2.45, 2.75) is 59.0 Å². The lowest BCUT2D eigenvalue weighted by atomic mass is 9.78. The van der Waals surface area contributed by atoms with Gasteiger partial charge < -0.3 is 11.1 Å². The van der Waals surface area contributed by atoms with Crippen LogP contribution in [-0.4, -0.2) is 35.6 Å². The second kappa shape index (κ2) is 7.76. The van der Waals surface area contributed by atoms with Crippen molar-refractivity contribution in [1.82, 2.24) is 15.2 Å². The van der Waals surface area contributed by atoms with Gasteiger partial charge in [0.15, 0.2) is 0 Å². The summed E-state index contributed by atoms with van der Waals surface area (Å²) >= 11 is 0. The van der Waals surface area contributed by atoms with Crippen molar-refractivity contribution in [3.63, 3.8) is 0 Å². The van der Waals surface area contributed by atoms with E-state index in [-0.39, 0.29) is 11.6 Å². The maximum atomic E-state index is 6.19. The predicted octanol–water partition coefficient (Wildman–Crippen LogP) is 3.13. The number of aromatic nitrogens is 1. The standard InChI is InChI=1S/C17H32N4/c1-7-17(8-2,21(9-3)10-4)15(19-6)14-11-13(5)12-20-16(14)18/h11-12,15,19H,7-10H2,1-6H3,(H2,18,20). The van der Waals surface area contributed by atoms with E-state index in [1.807, 2.05) is 13.2 Å². The maximum absolute atomic E-state index is 6.19. The lowest BCUT2D eigenvalue weighted by Gasteiger charge is -2.48. The van der Waals surface area contributed by atoms with Gasteiger partial charge in [-0.2, -0.15) is 0 Å². The topological polar surface area (TPSA) is 54.2 Å². The molecule has 3 N–H and O–H groups in total. The number of rotatable bonds is 8. The summed E-state index contributed by atoms with van der Waals surface area (Å²) in [4.78, 5) is 6.91. The van der Waals surface area contributed by atoms with Gasteiger partial charge in [-0.15, -0.1) is 0 Å². The monoisotopic (exact) mass is 292 g/mol. The number of nitrogens with one attached hydrogen (secondary N) is 1. The van der Waals surface area contributed by atoms with Gasteiger partial charge in [-0.1, -0.05) is 27.7 Å². The van der Waals surface area contributed by atoms with E-state index in [0.717, 1.165) is 37.1 Å². The average molecular weight is 292 g/mol. The highest BCUT2D eigenvalue weighted by Gasteiger charge is 2.40. The van der Waals surface area contributed by atoms with E-state index in [1.165, 1.54) is 0 Å². The molecule has 0 aliphatic heterocycles. The van der Waals surface area contributed by atoms with Gasteiger partial charge in [0.05, 0.1) is 6.04 Å². The van der Waals surface area contributed by atoms with Crippen molar-refractivity contribution in [1.29, 1.82) is 0 Å². The van der Waals surface area contributed by atoms with Crippen molar-refractivity contribution >= 4 is 5.82 Å². The molecule has 0 radical (unpaired) electrons. The summed E-state index contributed by atoms with van der Waals surface area (Å²) < 4.78 is 0. The van der Waals surface area contributed by atoms with Gasteiger partial charge in [0.25, 0.3) is 0 Å². The SMILES string of the molecule is CCN(CC)C(CC)(CC)C(NC)c1cc(C)cnc1N. The van der Waals surface area contributed by atoms with Crippen LogP contribution < -0.4 is 11.1 Å². The molecule has 0 amide bonds. The fourth-order valence-corrected chi connectivity index (χ4v) is 3.69. The van der Waals surface area contributed by atoms with E-state index in [4.69, 9.17) is 5.73 Å². The number of anilines is 1. The highest BCUT2D eigenvalue weighted by atomic mass is 15.2. The number of nitrogens with zero attached hydrogens (tertiary/aromatic N) is 2. The molecule has 1 aromatic heterocycles. The maximum Gasteiger partial charge on any atom is 0.128 e. The Hall–Kier alpha value is -1.13. The lowest BCUT2D eigenvalue weighted by molar-refractivity contribution is 0.0516. The molecule has 21 heavy (non-hydrogen) atoms. The van der Waals surface area contributed by atoms with Crippen LogP contribution in [0.4, 0.5) is 5.82 Å². The normalized spacial score (nSPS) is 13.7. The molecule has 0 saturated carbocycles. The minimum Gasteiger partial charge on any atom is -0.383 e. The predicted molar refractivity (Wildman–Crippen MR) is 91.4 cm³/mol.